The van der Waals surface area contributed by atoms with E-state index in [0.717, 1.165) is 51.5 Å². The van der Waals surface area contributed by atoms with E-state index in [1.807, 2.05) is 0 Å². The maximum atomic E-state index is 15.4. The van der Waals surface area contributed by atoms with E-state index in [-0.39, 0.29) is 66.8 Å². The number of Topliss-reactive ketones (excluding diaryl/α,β-unsaturated/α-hetero) is 1. The van der Waals surface area contributed by atoms with Gasteiger partial charge in [-0.15, -0.1) is 0 Å². The molecule has 11 nitrogen and oxygen atoms in total. The monoisotopic (exact) mass is 771 g/mol. The molecule has 2 saturated heterocycles. The molecule has 8 rings (SSSR count). The Morgan fingerprint density at radius 2 is 1.75 bits per heavy atom. The van der Waals surface area contributed by atoms with Crippen molar-refractivity contribution < 1.29 is 45.5 Å². The van der Waals surface area contributed by atoms with Gasteiger partial charge in [-0.05, 0) is 118 Å². The van der Waals surface area contributed by atoms with Gasteiger partial charge in [-0.3, -0.25) is 15.5 Å². The van der Waals surface area contributed by atoms with E-state index >= 15 is 4.79 Å². The number of hydrogen-bond acceptors (Lipinski definition) is 10. The summed E-state index contributed by atoms with van der Waals surface area (Å²) in [7, 11) is 0. The first-order chi connectivity index (χ1) is 26.1. The topological polar surface area (TPSA) is 203 Å². The fraction of sp³-hybridized carbons (Fsp3) is 0.909. The van der Waals surface area contributed by atoms with Crippen molar-refractivity contribution in [2.45, 2.75) is 159 Å². The van der Waals surface area contributed by atoms with Crippen LogP contribution in [0.1, 0.15) is 111 Å². The summed E-state index contributed by atoms with van der Waals surface area (Å²) in [5.41, 5.74) is 2.10. The number of carbonyl (C=O) groups excluding carboxylic acids is 1. The number of quaternary nitrogens is 1. The summed E-state index contributed by atoms with van der Waals surface area (Å²) < 4.78 is 6.21. The molecule has 6 aliphatic carbocycles. The van der Waals surface area contributed by atoms with Crippen molar-refractivity contribution >= 4 is 11.5 Å². The normalized spacial score (nSPS) is 51.8. The molecule has 11 heteroatoms. The molecule has 0 aromatic carbocycles. The van der Waals surface area contributed by atoms with Crippen LogP contribution in [0.5, 0.6) is 0 Å². The zero-order valence-electron chi connectivity index (χ0n) is 33.8. The van der Waals surface area contributed by atoms with Gasteiger partial charge in [0.15, 0.2) is 5.78 Å². The van der Waals surface area contributed by atoms with Crippen LogP contribution >= 0.6 is 0 Å². The number of piperidine rings is 1. The van der Waals surface area contributed by atoms with Crippen LogP contribution < -0.4 is 11.1 Å². The third-order valence-electron chi connectivity index (χ3n) is 17.8. The van der Waals surface area contributed by atoms with Gasteiger partial charge in [0.2, 0.25) is 0 Å². The molecule has 2 aliphatic heterocycles. The Hall–Kier alpha value is -1.28. The van der Waals surface area contributed by atoms with Gasteiger partial charge >= 0.3 is 0 Å². The van der Waals surface area contributed by atoms with E-state index < -0.39 is 70.3 Å². The Bertz CT molecular complexity index is 1490. The fourth-order valence-corrected chi connectivity index (χ4v) is 15.0. The standard InChI is InChI=1S/C44H71N3O8/c1-23-22-55-39(25(23)3)40(52)41(4,53)33-14-15-44(54)36-35-27(18-43(33,44)29-8-6-5-7-9-29)11-10-26(28-12-13-34(45)46-21-28)17-42(35)19-32(50)31(49)16-30(42)38(51)37(36)47-20-24(2)48/h10-11,23-36,39-40,46,48-50,52-54H,5-9,12-22,45H2,1-4H3/p+1/t23-,24-,25-,26-,27-,28?,30-,31+,32-,33-,34?,35-,36-,39+,40+,41+,42-,43-,44-/m0/s1. The zero-order chi connectivity index (χ0) is 39.2. The highest BCUT2D eigenvalue weighted by atomic mass is 16.5. The highest BCUT2D eigenvalue weighted by Crippen LogP contribution is 2.75. The third kappa shape index (κ3) is 6.22. The van der Waals surface area contributed by atoms with Crippen molar-refractivity contribution in [1.82, 2.24) is 0 Å². The highest BCUT2D eigenvalue weighted by Gasteiger charge is 2.78. The predicted molar refractivity (Wildman–Crippen MR) is 207 cm³/mol. The number of aliphatic imine (C=N–C) groups is 1. The third-order valence-corrected chi connectivity index (χ3v) is 17.8. The average molecular weight is 771 g/mol. The first kappa shape index (κ1) is 40.5. The Balaban J connectivity index is 1.32. The largest absolute Gasteiger partial charge is 0.391 e. The molecule has 0 radical (unpaired) electrons. The molecule has 5 saturated carbocycles. The number of aliphatic hydroxyl groups excluding tert-OH is 4. The van der Waals surface area contributed by atoms with E-state index in [1.165, 1.54) is 0 Å². The van der Waals surface area contributed by atoms with Crippen molar-refractivity contribution in [2.75, 3.05) is 19.7 Å². The van der Waals surface area contributed by atoms with Crippen LogP contribution in [0.3, 0.4) is 0 Å². The van der Waals surface area contributed by atoms with Gasteiger partial charge in [0.05, 0.1) is 54.4 Å². The smallest absolute Gasteiger partial charge is 0.180 e. The molecule has 8 aliphatic rings. The zero-order valence-corrected chi connectivity index (χ0v) is 33.8. The Labute approximate surface area is 328 Å². The van der Waals surface area contributed by atoms with E-state index in [9.17, 15) is 30.6 Å². The van der Waals surface area contributed by atoms with Crippen LogP contribution in [0.15, 0.2) is 17.1 Å². The van der Waals surface area contributed by atoms with Crippen LogP contribution in [0.2, 0.25) is 0 Å². The number of nitrogens with two attached hydrogens (primary N) is 2. The molecule has 10 N–H and O–H groups in total. The Morgan fingerprint density at radius 1 is 1.02 bits per heavy atom. The highest BCUT2D eigenvalue weighted by molar-refractivity contribution is 6.42. The molecule has 55 heavy (non-hydrogen) atoms. The number of fused-ring (bicyclic) bond motifs is 2. The average Bonchev–Trinajstić information content (AvgIpc) is 3.61. The van der Waals surface area contributed by atoms with Crippen LogP contribution in [-0.2, 0) is 9.53 Å². The summed E-state index contributed by atoms with van der Waals surface area (Å²) in [6, 6.07) is 0. The summed E-state index contributed by atoms with van der Waals surface area (Å²) in [6.45, 7) is 9.08. The van der Waals surface area contributed by atoms with Gasteiger partial charge in [0.25, 0.3) is 0 Å². The minimum absolute atomic E-state index is 0.0257. The van der Waals surface area contributed by atoms with Crippen LogP contribution in [0.25, 0.3) is 0 Å². The van der Waals surface area contributed by atoms with Gasteiger partial charge in [-0.1, -0.05) is 45.3 Å². The fourth-order valence-electron chi connectivity index (χ4n) is 15.0. The number of allylic oxidation sites excluding steroid dienone is 2. The number of nitrogens with zero attached hydrogens (tertiary/aromatic N) is 1. The molecular weight excluding hydrogens is 698 g/mol. The van der Waals surface area contributed by atoms with Crippen molar-refractivity contribution in [3.8, 4) is 0 Å². The second kappa shape index (κ2) is 14.8. The molecular formula is C44H72N3O8+. The van der Waals surface area contributed by atoms with Crippen LogP contribution in [0.4, 0.5) is 0 Å². The molecule has 1 spiro atoms. The lowest BCUT2D eigenvalue weighted by atomic mass is 9.36. The van der Waals surface area contributed by atoms with E-state index in [2.05, 4.69) is 31.3 Å². The molecule has 2 heterocycles. The molecule has 0 aromatic rings. The van der Waals surface area contributed by atoms with E-state index in [4.69, 9.17) is 15.5 Å². The van der Waals surface area contributed by atoms with Crippen LogP contribution in [-0.4, -0.2) is 110 Å². The minimum atomic E-state index is -1.59. The quantitative estimate of drug-likeness (QED) is 0.179. The number of ketones is 1. The maximum absolute atomic E-state index is 15.4. The van der Waals surface area contributed by atoms with Gasteiger partial charge < -0.3 is 40.7 Å². The summed E-state index contributed by atoms with van der Waals surface area (Å²) in [5, 5.41) is 75.1. The van der Waals surface area contributed by atoms with E-state index in [1.54, 1.807) is 13.8 Å². The van der Waals surface area contributed by atoms with Crippen molar-refractivity contribution in [2.24, 2.45) is 80.7 Å². The van der Waals surface area contributed by atoms with Crippen LogP contribution in [0, 0.1) is 70.0 Å². The Kier molecular flexibility index (Phi) is 10.9. The summed E-state index contributed by atoms with van der Waals surface area (Å²) in [4.78, 5) is 20.4. The van der Waals surface area contributed by atoms with Crippen molar-refractivity contribution in [3.63, 3.8) is 0 Å². The lowest BCUT2D eigenvalue weighted by Gasteiger charge is -2.69. The number of rotatable bonds is 7. The minimum Gasteiger partial charge on any atom is -0.391 e. The molecule has 0 bridgehead atoms. The van der Waals surface area contributed by atoms with Crippen molar-refractivity contribution in [1.29, 1.82) is 0 Å². The van der Waals surface area contributed by atoms with Crippen molar-refractivity contribution in [3.05, 3.63) is 12.2 Å². The van der Waals surface area contributed by atoms with Gasteiger partial charge in [0.1, 0.15) is 12.3 Å². The van der Waals surface area contributed by atoms with Gasteiger partial charge in [-0.2, -0.15) is 0 Å². The van der Waals surface area contributed by atoms with E-state index in [0.29, 0.717) is 43.9 Å². The van der Waals surface area contributed by atoms with Gasteiger partial charge in [-0.25, -0.2) is 0 Å². The number of hydrogen-bond donors (Lipinski definition) is 8. The molecule has 19 atom stereocenters. The molecule has 2 unspecified atom stereocenters. The second-order valence-corrected chi connectivity index (χ2v) is 20.6. The molecule has 0 amide bonds. The second-order valence-electron chi connectivity index (χ2n) is 20.6. The Morgan fingerprint density at radius 3 is 2.40 bits per heavy atom. The SMILES string of the molecule is C[C@@H]1[C@H]([C@@H](O)[C@](C)(O)[C@@H]2CC[C@]3(O)[C@@H]4C(=NC[C@H](C)O)C(=O)[C@@H]5C[C@@H](O)[C@@H](O)C[C@@]56C[C@@H](C5CCC(N)[NH2+]C5)C=C[C@@H](C[C@]23C2CCCCC2)[C@@H]46)OC[C@@H]1C. The number of ether oxygens (including phenoxy) is 1. The summed E-state index contributed by atoms with van der Waals surface area (Å²) >= 11 is 0. The lowest BCUT2D eigenvalue weighted by Crippen LogP contribution is -2.95. The molecule has 7 fully saturated rings. The predicted octanol–water partition coefficient (Wildman–Crippen LogP) is 2.09. The first-order valence-electron chi connectivity index (χ1n) is 22.2. The molecule has 310 valence electrons. The summed E-state index contributed by atoms with van der Waals surface area (Å²) in [5.74, 6) is -1.41. The molecule has 0 aromatic heterocycles. The first-order valence-corrected chi connectivity index (χ1v) is 22.2. The number of carbonyl (C=O) groups is 1. The maximum Gasteiger partial charge on any atom is 0.180 e. The summed E-state index contributed by atoms with van der Waals surface area (Å²) in [6.07, 6.45) is 9.74. The van der Waals surface area contributed by atoms with Gasteiger partial charge in [0, 0.05) is 36.2 Å². The number of aliphatic hydroxyl groups is 6. The lowest BCUT2D eigenvalue weighted by molar-refractivity contribution is -0.703.